The molecular formula is C12H8N4O3S. The van der Waals surface area contributed by atoms with Gasteiger partial charge in [-0.25, -0.2) is 0 Å². The van der Waals surface area contributed by atoms with Gasteiger partial charge >= 0.3 is 11.5 Å². The summed E-state index contributed by atoms with van der Waals surface area (Å²) in [6.07, 6.45) is -0.242. The molecule has 0 atom stereocenters. The molecule has 3 rings (SSSR count). The number of nitrogens with zero attached hydrogens (tertiary/aromatic N) is 4. The summed E-state index contributed by atoms with van der Waals surface area (Å²) in [5.41, 5.74) is 0.427. The highest BCUT2D eigenvalue weighted by Crippen LogP contribution is 2.14. The molecule has 0 saturated carbocycles. The second-order valence-corrected chi connectivity index (χ2v) is 5.02. The van der Waals surface area contributed by atoms with Crippen LogP contribution in [-0.2, 0) is 11.2 Å². The number of benzene rings is 1. The molecule has 2 aromatic heterocycles. The van der Waals surface area contributed by atoms with Crippen LogP contribution in [0.15, 0.2) is 35.1 Å². The Labute approximate surface area is 116 Å². The summed E-state index contributed by atoms with van der Waals surface area (Å²) in [4.78, 5) is 23.2. The molecule has 0 aliphatic carbocycles. The van der Waals surface area contributed by atoms with E-state index in [1.165, 1.54) is 0 Å². The number of carbonyl (C=O) groups is 1. The Kier molecular flexibility index (Phi) is 2.99. The van der Waals surface area contributed by atoms with Crippen molar-refractivity contribution in [2.75, 3.05) is 0 Å². The first-order valence-corrected chi connectivity index (χ1v) is 6.49. The number of hydrogen-bond donors (Lipinski definition) is 1. The van der Waals surface area contributed by atoms with Crippen LogP contribution in [0.4, 0.5) is 0 Å². The van der Waals surface area contributed by atoms with Gasteiger partial charge in [0.25, 0.3) is 0 Å². The van der Waals surface area contributed by atoms with Crippen LogP contribution in [0, 0.1) is 0 Å². The Morgan fingerprint density at radius 2 is 2.00 bits per heavy atom. The lowest BCUT2D eigenvalue weighted by atomic mass is 10.2. The molecule has 0 amide bonds. The van der Waals surface area contributed by atoms with Gasteiger partial charge in [0.2, 0.25) is 4.96 Å². The van der Waals surface area contributed by atoms with E-state index in [0.717, 1.165) is 15.9 Å². The molecule has 0 aliphatic rings. The number of hydrogen-bond acceptors (Lipinski definition) is 6. The smallest absolute Gasteiger partial charge is 0.310 e. The highest BCUT2D eigenvalue weighted by molar-refractivity contribution is 7.16. The van der Waals surface area contributed by atoms with Crippen LogP contribution in [0.2, 0.25) is 0 Å². The van der Waals surface area contributed by atoms with E-state index in [2.05, 4.69) is 15.3 Å². The summed E-state index contributed by atoms with van der Waals surface area (Å²) >= 11 is 1.04. The summed E-state index contributed by atoms with van der Waals surface area (Å²) in [5.74, 6) is -1.01. The summed E-state index contributed by atoms with van der Waals surface area (Å²) < 4.78 is 1.10. The second kappa shape index (κ2) is 4.82. The molecule has 0 fully saturated rings. The number of aliphatic carboxylic acids is 1. The van der Waals surface area contributed by atoms with Gasteiger partial charge in [-0.05, 0) is 0 Å². The maximum absolute atomic E-state index is 12.3. The minimum absolute atomic E-state index is 0.190. The van der Waals surface area contributed by atoms with Crippen LogP contribution in [0.25, 0.3) is 16.2 Å². The van der Waals surface area contributed by atoms with Gasteiger partial charge in [-0.1, -0.05) is 41.7 Å². The van der Waals surface area contributed by atoms with Crippen molar-refractivity contribution < 1.29 is 9.90 Å². The predicted octanol–water partition coefficient (Wildman–Crippen LogP) is 0.840. The molecule has 2 heterocycles. The molecule has 20 heavy (non-hydrogen) atoms. The van der Waals surface area contributed by atoms with E-state index in [1.54, 1.807) is 24.3 Å². The average Bonchev–Trinajstić information content (AvgIpc) is 2.83. The quantitative estimate of drug-likeness (QED) is 0.767. The zero-order chi connectivity index (χ0) is 14.1. The van der Waals surface area contributed by atoms with Crippen molar-refractivity contribution in [3.63, 3.8) is 0 Å². The minimum atomic E-state index is -1.01. The lowest BCUT2D eigenvalue weighted by Crippen LogP contribution is -2.19. The van der Waals surface area contributed by atoms with Crippen molar-refractivity contribution in [3.8, 4) is 11.3 Å². The third-order valence-corrected chi connectivity index (χ3v) is 3.48. The van der Waals surface area contributed by atoms with Gasteiger partial charge in [-0.2, -0.15) is 9.61 Å². The van der Waals surface area contributed by atoms with Crippen molar-refractivity contribution in [1.29, 1.82) is 0 Å². The van der Waals surface area contributed by atoms with E-state index in [4.69, 9.17) is 5.11 Å². The van der Waals surface area contributed by atoms with Gasteiger partial charge in [0.05, 0.1) is 6.42 Å². The molecule has 1 N–H and O–H groups in total. The Bertz CT molecular complexity index is 841. The molecule has 0 unspecified atom stereocenters. The molecular weight excluding hydrogens is 280 g/mol. The lowest BCUT2D eigenvalue weighted by molar-refractivity contribution is -0.136. The molecule has 100 valence electrons. The Balaban J connectivity index is 2.16. The third-order valence-electron chi connectivity index (χ3n) is 2.58. The normalized spacial score (nSPS) is 10.8. The van der Waals surface area contributed by atoms with E-state index in [1.807, 2.05) is 6.07 Å². The molecule has 0 spiro atoms. The number of carboxylic acids is 1. The number of carboxylic acid groups (broad SMARTS) is 1. The number of aromatic nitrogens is 4. The zero-order valence-electron chi connectivity index (χ0n) is 10.1. The first-order chi connectivity index (χ1) is 9.65. The van der Waals surface area contributed by atoms with Crippen molar-refractivity contribution in [3.05, 3.63) is 45.7 Å². The summed E-state index contributed by atoms with van der Waals surface area (Å²) in [6.45, 7) is 0. The minimum Gasteiger partial charge on any atom is -0.481 e. The third kappa shape index (κ3) is 2.16. The molecule has 8 heteroatoms. The van der Waals surface area contributed by atoms with E-state index < -0.39 is 11.5 Å². The Hall–Kier alpha value is -2.61. The fraction of sp³-hybridized carbons (Fsp3) is 0.0833. The molecule has 0 saturated heterocycles. The van der Waals surface area contributed by atoms with Gasteiger partial charge in [0.15, 0.2) is 5.69 Å². The highest BCUT2D eigenvalue weighted by atomic mass is 32.1. The average molecular weight is 288 g/mol. The van der Waals surface area contributed by atoms with Crippen LogP contribution in [-0.4, -0.2) is 30.9 Å². The topological polar surface area (TPSA) is 97.4 Å². The highest BCUT2D eigenvalue weighted by Gasteiger charge is 2.14. The van der Waals surface area contributed by atoms with Gasteiger partial charge in [0, 0.05) is 5.56 Å². The van der Waals surface area contributed by atoms with Crippen LogP contribution in [0.5, 0.6) is 0 Å². The molecule has 0 aliphatic heterocycles. The van der Waals surface area contributed by atoms with Crippen LogP contribution >= 0.6 is 11.3 Å². The Morgan fingerprint density at radius 3 is 2.70 bits per heavy atom. The fourth-order valence-electron chi connectivity index (χ4n) is 1.73. The molecule has 7 nitrogen and oxygen atoms in total. The van der Waals surface area contributed by atoms with Crippen LogP contribution < -0.4 is 5.56 Å². The first-order valence-electron chi connectivity index (χ1n) is 5.68. The standard InChI is InChI=1S/C12H8N4O3S/c17-9(18)6-8-15-16-11(19)10(13-14-12(16)20-8)7-4-2-1-3-5-7/h1-5H,6H2,(H,17,18). The molecule has 3 aromatic rings. The van der Waals surface area contributed by atoms with E-state index in [9.17, 15) is 9.59 Å². The van der Waals surface area contributed by atoms with E-state index in [-0.39, 0.29) is 17.1 Å². The molecule has 0 radical (unpaired) electrons. The van der Waals surface area contributed by atoms with Gasteiger partial charge in [0.1, 0.15) is 5.01 Å². The monoisotopic (exact) mass is 288 g/mol. The molecule has 0 bridgehead atoms. The maximum atomic E-state index is 12.3. The van der Waals surface area contributed by atoms with Crippen molar-refractivity contribution >= 4 is 22.3 Å². The number of rotatable bonds is 3. The first kappa shape index (κ1) is 12.4. The van der Waals surface area contributed by atoms with Gasteiger partial charge < -0.3 is 5.11 Å². The summed E-state index contributed by atoms with van der Waals surface area (Å²) in [5, 5.41) is 20.9. The van der Waals surface area contributed by atoms with Crippen LogP contribution in [0.3, 0.4) is 0 Å². The second-order valence-electron chi connectivity index (χ2n) is 3.98. The zero-order valence-corrected chi connectivity index (χ0v) is 10.9. The summed E-state index contributed by atoms with van der Waals surface area (Å²) in [7, 11) is 0. The fourth-order valence-corrected chi connectivity index (χ4v) is 2.55. The molecule has 1 aromatic carbocycles. The van der Waals surface area contributed by atoms with Crippen molar-refractivity contribution in [2.45, 2.75) is 6.42 Å². The predicted molar refractivity (Wildman–Crippen MR) is 71.7 cm³/mol. The largest absolute Gasteiger partial charge is 0.481 e. The van der Waals surface area contributed by atoms with E-state index >= 15 is 0 Å². The maximum Gasteiger partial charge on any atom is 0.310 e. The summed E-state index contributed by atoms with van der Waals surface area (Å²) in [6, 6.07) is 8.93. The SMILES string of the molecule is O=C(O)Cc1nn2c(=O)c(-c3ccccc3)nnc2s1. The Morgan fingerprint density at radius 1 is 1.25 bits per heavy atom. The lowest BCUT2D eigenvalue weighted by Gasteiger charge is -1.97. The number of fused-ring (bicyclic) bond motifs is 1. The van der Waals surface area contributed by atoms with Crippen molar-refractivity contribution in [2.24, 2.45) is 0 Å². The van der Waals surface area contributed by atoms with E-state index in [0.29, 0.717) is 10.6 Å². The van der Waals surface area contributed by atoms with Gasteiger partial charge in [-0.3, -0.25) is 9.59 Å². The van der Waals surface area contributed by atoms with Crippen molar-refractivity contribution in [1.82, 2.24) is 19.8 Å². The van der Waals surface area contributed by atoms with Gasteiger partial charge in [-0.15, -0.1) is 10.2 Å². The van der Waals surface area contributed by atoms with Crippen LogP contribution in [0.1, 0.15) is 5.01 Å².